The number of nitrogens with one attached hydrogen (secondary N) is 1. The summed E-state index contributed by atoms with van der Waals surface area (Å²) in [6.45, 7) is 2.47. The molecule has 0 amide bonds. The van der Waals surface area contributed by atoms with E-state index in [1.54, 1.807) is 6.20 Å². The molecule has 2 unspecified atom stereocenters. The fourth-order valence-electron chi connectivity index (χ4n) is 3.14. The zero-order valence-electron chi connectivity index (χ0n) is 10.2. The summed E-state index contributed by atoms with van der Waals surface area (Å²) in [7, 11) is 0. The minimum absolute atomic E-state index is 0.513. The third kappa shape index (κ3) is 2.51. The van der Waals surface area contributed by atoms with Crippen LogP contribution in [-0.4, -0.2) is 35.1 Å². The van der Waals surface area contributed by atoms with E-state index in [1.165, 1.54) is 38.8 Å². The topological polar surface area (TPSA) is 28.2 Å². The molecule has 2 aliphatic heterocycles. The predicted octanol–water partition coefficient (Wildman–Crippen LogP) is 3.54. The van der Waals surface area contributed by atoms with E-state index in [1.807, 2.05) is 6.07 Å². The van der Waals surface area contributed by atoms with Crippen molar-refractivity contribution < 1.29 is 0 Å². The van der Waals surface area contributed by atoms with Gasteiger partial charge in [-0.3, -0.25) is 4.90 Å². The predicted molar refractivity (Wildman–Crippen MR) is 78.2 cm³/mol. The summed E-state index contributed by atoms with van der Waals surface area (Å²) in [6, 6.07) is 3.20. The standard InChI is InChI=1S/C13H17BrClN3/c14-9-7-11(13(15)16-8-9)17-10-4-6-18-5-2-1-3-12(10)18/h7-8,10,12,17H,1-6H2. The minimum atomic E-state index is 0.513. The number of pyridine rings is 1. The molecule has 0 spiro atoms. The van der Waals surface area contributed by atoms with E-state index in [4.69, 9.17) is 11.6 Å². The molecule has 2 saturated heterocycles. The molecule has 1 N–H and O–H groups in total. The molecule has 5 heteroatoms. The van der Waals surface area contributed by atoms with Crippen LogP contribution in [0.2, 0.25) is 5.15 Å². The van der Waals surface area contributed by atoms with Crippen LogP contribution in [0.1, 0.15) is 25.7 Å². The van der Waals surface area contributed by atoms with Crippen LogP contribution in [0.3, 0.4) is 0 Å². The first-order valence-corrected chi connectivity index (χ1v) is 7.73. The van der Waals surface area contributed by atoms with Gasteiger partial charge in [0.15, 0.2) is 5.15 Å². The molecule has 98 valence electrons. The molecule has 2 fully saturated rings. The van der Waals surface area contributed by atoms with Crippen molar-refractivity contribution in [1.29, 1.82) is 0 Å². The number of nitrogens with zero attached hydrogens (tertiary/aromatic N) is 2. The highest BCUT2D eigenvalue weighted by Gasteiger charge is 2.35. The van der Waals surface area contributed by atoms with Gasteiger partial charge in [-0.05, 0) is 47.8 Å². The van der Waals surface area contributed by atoms with E-state index < -0.39 is 0 Å². The Hall–Kier alpha value is -0.320. The van der Waals surface area contributed by atoms with E-state index >= 15 is 0 Å². The maximum absolute atomic E-state index is 6.14. The van der Waals surface area contributed by atoms with Gasteiger partial charge >= 0.3 is 0 Å². The van der Waals surface area contributed by atoms with Gasteiger partial charge in [-0.2, -0.15) is 0 Å². The largest absolute Gasteiger partial charge is 0.378 e. The van der Waals surface area contributed by atoms with Crippen molar-refractivity contribution in [2.45, 2.75) is 37.8 Å². The maximum Gasteiger partial charge on any atom is 0.152 e. The fraction of sp³-hybridized carbons (Fsp3) is 0.615. The number of fused-ring (bicyclic) bond motifs is 1. The lowest BCUT2D eigenvalue weighted by Gasteiger charge is -2.33. The first-order valence-electron chi connectivity index (χ1n) is 6.55. The van der Waals surface area contributed by atoms with E-state index in [2.05, 4.69) is 31.1 Å². The minimum Gasteiger partial charge on any atom is -0.378 e. The molecule has 2 atom stereocenters. The van der Waals surface area contributed by atoms with Crippen LogP contribution in [0.5, 0.6) is 0 Å². The normalized spacial score (nSPS) is 28.1. The zero-order valence-corrected chi connectivity index (χ0v) is 12.5. The van der Waals surface area contributed by atoms with Gasteiger partial charge in [-0.25, -0.2) is 4.98 Å². The van der Waals surface area contributed by atoms with Gasteiger partial charge in [0.2, 0.25) is 0 Å². The number of piperidine rings is 1. The zero-order chi connectivity index (χ0) is 12.5. The molecule has 1 aromatic heterocycles. The van der Waals surface area contributed by atoms with Crippen LogP contribution in [0.15, 0.2) is 16.7 Å². The van der Waals surface area contributed by atoms with Gasteiger partial charge in [-0.15, -0.1) is 0 Å². The Morgan fingerprint density at radius 3 is 3.11 bits per heavy atom. The third-order valence-corrected chi connectivity index (χ3v) is 4.74. The summed E-state index contributed by atoms with van der Waals surface area (Å²) in [5, 5.41) is 4.15. The van der Waals surface area contributed by atoms with Gasteiger partial charge in [0.1, 0.15) is 0 Å². The van der Waals surface area contributed by atoms with Gasteiger partial charge < -0.3 is 5.32 Å². The lowest BCUT2D eigenvalue weighted by molar-refractivity contribution is 0.193. The number of rotatable bonds is 2. The number of hydrogen-bond donors (Lipinski definition) is 1. The molecule has 0 aromatic carbocycles. The van der Waals surface area contributed by atoms with Crippen molar-refractivity contribution in [1.82, 2.24) is 9.88 Å². The summed E-state index contributed by atoms with van der Waals surface area (Å²) in [6.07, 6.45) is 6.94. The summed E-state index contributed by atoms with van der Waals surface area (Å²) < 4.78 is 0.966. The Morgan fingerprint density at radius 2 is 2.22 bits per heavy atom. The second kappa shape index (κ2) is 5.35. The molecule has 18 heavy (non-hydrogen) atoms. The van der Waals surface area contributed by atoms with Crippen molar-refractivity contribution in [3.05, 3.63) is 21.9 Å². The van der Waals surface area contributed by atoms with Gasteiger partial charge in [0, 0.05) is 29.3 Å². The number of aromatic nitrogens is 1. The van der Waals surface area contributed by atoms with Crippen molar-refractivity contribution in [3.8, 4) is 0 Å². The number of halogens is 2. The van der Waals surface area contributed by atoms with E-state index in [0.29, 0.717) is 17.2 Å². The highest BCUT2D eigenvalue weighted by molar-refractivity contribution is 9.10. The monoisotopic (exact) mass is 329 g/mol. The van der Waals surface area contributed by atoms with Crippen LogP contribution in [0.25, 0.3) is 0 Å². The molecular formula is C13H17BrClN3. The van der Waals surface area contributed by atoms with Crippen LogP contribution in [-0.2, 0) is 0 Å². The summed E-state index contributed by atoms with van der Waals surface area (Å²) in [5.41, 5.74) is 0.948. The average Bonchev–Trinajstić information content (AvgIpc) is 2.78. The molecule has 3 rings (SSSR count). The fourth-order valence-corrected chi connectivity index (χ4v) is 3.63. The lowest BCUT2D eigenvalue weighted by atomic mass is 9.99. The number of anilines is 1. The molecule has 0 radical (unpaired) electrons. The maximum atomic E-state index is 6.14. The van der Waals surface area contributed by atoms with Crippen molar-refractivity contribution >= 4 is 33.2 Å². The molecular weight excluding hydrogens is 314 g/mol. The summed E-state index contributed by atoms with van der Waals surface area (Å²) in [5.74, 6) is 0. The van der Waals surface area contributed by atoms with E-state index in [0.717, 1.165) is 10.2 Å². The van der Waals surface area contributed by atoms with E-state index in [9.17, 15) is 0 Å². The van der Waals surface area contributed by atoms with Crippen molar-refractivity contribution in [2.24, 2.45) is 0 Å². The first-order chi connectivity index (χ1) is 8.74. The lowest BCUT2D eigenvalue weighted by Crippen LogP contribution is -2.41. The average molecular weight is 331 g/mol. The Balaban J connectivity index is 1.74. The highest BCUT2D eigenvalue weighted by atomic mass is 79.9. The van der Waals surface area contributed by atoms with Gasteiger partial charge in [0.25, 0.3) is 0 Å². The van der Waals surface area contributed by atoms with Crippen LogP contribution in [0, 0.1) is 0 Å². The molecule has 2 aliphatic rings. The van der Waals surface area contributed by atoms with Crippen LogP contribution in [0.4, 0.5) is 5.69 Å². The summed E-state index contributed by atoms with van der Waals surface area (Å²) >= 11 is 9.58. The quantitative estimate of drug-likeness (QED) is 0.841. The smallest absolute Gasteiger partial charge is 0.152 e. The Kier molecular flexibility index (Phi) is 3.78. The SMILES string of the molecule is Clc1ncc(Br)cc1NC1CCN2CCCCC12. The molecule has 0 saturated carbocycles. The van der Waals surface area contributed by atoms with Crippen LogP contribution < -0.4 is 5.32 Å². The first kappa shape index (κ1) is 12.7. The Bertz CT molecular complexity index is 440. The Morgan fingerprint density at radius 1 is 1.33 bits per heavy atom. The van der Waals surface area contributed by atoms with E-state index in [-0.39, 0.29) is 0 Å². The molecule has 0 aliphatic carbocycles. The third-order valence-electron chi connectivity index (χ3n) is 4.00. The van der Waals surface area contributed by atoms with Crippen molar-refractivity contribution in [2.75, 3.05) is 18.4 Å². The molecule has 1 aromatic rings. The molecule has 3 heterocycles. The molecule has 0 bridgehead atoms. The Labute approximate surface area is 121 Å². The number of hydrogen-bond acceptors (Lipinski definition) is 3. The van der Waals surface area contributed by atoms with Gasteiger partial charge in [-0.1, -0.05) is 18.0 Å². The highest BCUT2D eigenvalue weighted by Crippen LogP contribution is 2.31. The second-order valence-electron chi connectivity index (χ2n) is 5.13. The van der Waals surface area contributed by atoms with Crippen LogP contribution >= 0.6 is 27.5 Å². The van der Waals surface area contributed by atoms with Crippen molar-refractivity contribution in [3.63, 3.8) is 0 Å². The summed E-state index contributed by atoms with van der Waals surface area (Å²) in [4.78, 5) is 6.78. The second-order valence-corrected chi connectivity index (χ2v) is 6.40. The molecule has 3 nitrogen and oxygen atoms in total. The van der Waals surface area contributed by atoms with Gasteiger partial charge in [0.05, 0.1) is 5.69 Å².